The van der Waals surface area contributed by atoms with E-state index in [4.69, 9.17) is 11.6 Å². The first-order chi connectivity index (χ1) is 10.5. The third-order valence-electron chi connectivity index (χ3n) is 3.63. The summed E-state index contributed by atoms with van der Waals surface area (Å²) in [6.07, 6.45) is 1.91. The van der Waals surface area contributed by atoms with Crippen LogP contribution in [0.25, 0.3) is 0 Å². The predicted octanol–water partition coefficient (Wildman–Crippen LogP) is 4.08. The highest BCUT2D eigenvalue weighted by atomic mass is 35.5. The normalized spacial score (nSPS) is 18.6. The minimum absolute atomic E-state index is 0.119. The van der Waals surface area contributed by atoms with Crippen molar-refractivity contribution in [2.24, 2.45) is 5.92 Å². The van der Waals surface area contributed by atoms with Crippen molar-refractivity contribution in [3.05, 3.63) is 23.2 Å². The molecule has 1 aliphatic rings. The predicted molar refractivity (Wildman–Crippen MR) is 92.8 cm³/mol. The Labute approximate surface area is 141 Å². The molecule has 122 valence electrons. The summed E-state index contributed by atoms with van der Waals surface area (Å²) in [5.41, 5.74) is 0.752. The maximum absolute atomic E-state index is 12.5. The van der Waals surface area contributed by atoms with Crippen LogP contribution in [0.2, 0.25) is 5.02 Å². The monoisotopic (exact) mass is 342 g/mol. The zero-order valence-corrected chi connectivity index (χ0v) is 14.6. The van der Waals surface area contributed by atoms with E-state index in [1.54, 1.807) is 16.7 Å². The van der Waals surface area contributed by atoms with Gasteiger partial charge in [-0.05, 0) is 30.9 Å². The molecule has 0 unspecified atom stereocenters. The van der Waals surface area contributed by atoms with Gasteiger partial charge in [-0.15, -0.1) is 11.8 Å². The molecule has 1 aromatic rings. The number of likely N-dealkylation sites (tertiary alicyclic amines) is 1. The molecule has 22 heavy (non-hydrogen) atoms. The Bertz CT molecular complexity index is 525. The Kier molecular flexibility index (Phi) is 6.41. The van der Waals surface area contributed by atoms with Gasteiger partial charge in [0.15, 0.2) is 0 Å². The number of aliphatic hydroxyl groups is 1. The molecule has 1 aliphatic heterocycles. The van der Waals surface area contributed by atoms with Gasteiger partial charge in [-0.1, -0.05) is 31.5 Å². The van der Waals surface area contributed by atoms with Gasteiger partial charge in [0.25, 0.3) is 0 Å². The summed E-state index contributed by atoms with van der Waals surface area (Å²) in [4.78, 5) is 15.1. The van der Waals surface area contributed by atoms with Crippen LogP contribution in [0.4, 0.5) is 10.5 Å². The van der Waals surface area contributed by atoms with Crippen LogP contribution >= 0.6 is 23.4 Å². The Balaban J connectivity index is 2.09. The fourth-order valence-electron chi connectivity index (χ4n) is 2.56. The van der Waals surface area contributed by atoms with Gasteiger partial charge < -0.3 is 15.3 Å². The summed E-state index contributed by atoms with van der Waals surface area (Å²) in [7, 11) is 0. The molecule has 2 rings (SSSR count). The zero-order chi connectivity index (χ0) is 16.1. The highest BCUT2D eigenvalue weighted by Crippen LogP contribution is 2.36. The lowest BCUT2D eigenvalue weighted by atomic mass is 9.99. The molecule has 2 N–H and O–H groups in total. The van der Waals surface area contributed by atoms with Crippen LogP contribution in [-0.2, 0) is 0 Å². The fourth-order valence-corrected chi connectivity index (χ4v) is 3.76. The van der Waals surface area contributed by atoms with Gasteiger partial charge in [0.05, 0.1) is 10.7 Å². The molecule has 0 saturated carbocycles. The summed E-state index contributed by atoms with van der Waals surface area (Å²) in [6, 6.07) is 5.44. The summed E-state index contributed by atoms with van der Waals surface area (Å²) >= 11 is 7.91. The average molecular weight is 343 g/mol. The number of carbonyl (C=O) groups is 1. The lowest BCUT2D eigenvalue weighted by Crippen LogP contribution is -2.43. The fraction of sp³-hybridized carbons (Fsp3) is 0.562. The van der Waals surface area contributed by atoms with Crippen molar-refractivity contribution in [2.75, 3.05) is 25.0 Å². The van der Waals surface area contributed by atoms with Crippen LogP contribution < -0.4 is 5.32 Å². The highest BCUT2D eigenvalue weighted by Gasteiger charge is 2.24. The van der Waals surface area contributed by atoms with Gasteiger partial charge in [0.2, 0.25) is 0 Å². The van der Waals surface area contributed by atoms with Crippen molar-refractivity contribution in [3.8, 4) is 0 Å². The van der Waals surface area contributed by atoms with E-state index < -0.39 is 0 Å². The molecule has 1 aromatic carbocycles. The molecule has 2 amide bonds. The third kappa shape index (κ3) is 4.54. The Morgan fingerprint density at radius 3 is 3.00 bits per heavy atom. The number of amides is 2. The van der Waals surface area contributed by atoms with E-state index in [2.05, 4.69) is 19.2 Å². The second-order valence-electron chi connectivity index (χ2n) is 5.85. The molecule has 0 radical (unpaired) electrons. The second-order valence-corrected chi connectivity index (χ2v) is 7.84. The van der Waals surface area contributed by atoms with Gasteiger partial charge in [-0.2, -0.15) is 0 Å². The first-order valence-corrected chi connectivity index (χ1v) is 8.89. The number of halogens is 1. The summed E-state index contributed by atoms with van der Waals surface area (Å²) in [6.45, 7) is 5.66. The maximum atomic E-state index is 12.5. The van der Waals surface area contributed by atoms with Crippen molar-refractivity contribution >= 4 is 35.1 Å². The standard InChI is InChI=1S/C16H23ClN2O2S/c1-11(2)22-15-13(17)6-3-7-14(15)18-16(21)19-8-4-5-12(9-19)10-20/h3,6-7,11-12,20H,4-5,8-10H2,1-2H3,(H,18,21)/t12-/m0/s1. The number of benzene rings is 1. The van der Waals surface area contributed by atoms with Gasteiger partial charge in [-0.25, -0.2) is 4.79 Å². The minimum Gasteiger partial charge on any atom is -0.396 e. The Hall–Kier alpha value is -0.910. The number of hydrogen-bond acceptors (Lipinski definition) is 3. The average Bonchev–Trinajstić information content (AvgIpc) is 2.50. The number of aliphatic hydroxyl groups excluding tert-OH is 1. The summed E-state index contributed by atoms with van der Waals surface area (Å²) in [5.74, 6) is 0.184. The van der Waals surface area contributed by atoms with Crippen LogP contribution in [0.3, 0.4) is 0 Å². The second kappa shape index (κ2) is 8.09. The first-order valence-electron chi connectivity index (χ1n) is 7.63. The molecule has 1 atom stereocenters. The van der Waals surface area contributed by atoms with Gasteiger partial charge >= 0.3 is 6.03 Å². The number of anilines is 1. The molecule has 1 fully saturated rings. The number of urea groups is 1. The molecule has 1 heterocycles. The van der Waals surface area contributed by atoms with Crippen molar-refractivity contribution < 1.29 is 9.90 Å². The molecule has 0 aliphatic carbocycles. The number of hydrogen-bond donors (Lipinski definition) is 2. The summed E-state index contributed by atoms with van der Waals surface area (Å²) < 4.78 is 0. The van der Waals surface area contributed by atoms with Crippen LogP contribution in [0.15, 0.2) is 23.1 Å². The lowest BCUT2D eigenvalue weighted by Gasteiger charge is -2.32. The van der Waals surface area contributed by atoms with E-state index in [0.29, 0.717) is 16.8 Å². The van der Waals surface area contributed by atoms with Crippen molar-refractivity contribution in [2.45, 2.75) is 36.8 Å². The third-order valence-corrected chi connectivity index (χ3v) is 5.20. The van der Waals surface area contributed by atoms with Crippen LogP contribution in [0.5, 0.6) is 0 Å². The molecule has 4 nitrogen and oxygen atoms in total. The number of nitrogens with zero attached hydrogens (tertiary/aromatic N) is 1. The van der Waals surface area contributed by atoms with E-state index in [1.807, 2.05) is 18.2 Å². The van der Waals surface area contributed by atoms with Crippen molar-refractivity contribution in [1.29, 1.82) is 0 Å². The van der Waals surface area contributed by atoms with E-state index in [-0.39, 0.29) is 18.6 Å². The lowest BCUT2D eigenvalue weighted by molar-refractivity contribution is 0.136. The molecule has 6 heteroatoms. The molecule has 0 aromatic heterocycles. The van der Waals surface area contributed by atoms with Crippen molar-refractivity contribution in [1.82, 2.24) is 4.90 Å². The molecule has 0 bridgehead atoms. The first kappa shape index (κ1) is 17.4. The maximum Gasteiger partial charge on any atom is 0.321 e. The minimum atomic E-state index is -0.119. The van der Waals surface area contributed by atoms with Crippen LogP contribution in [0.1, 0.15) is 26.7 Å². The van der Waals surface area contributed by atoms with Crippen molar-refractivity contribution in [3.63, 3.8) is 0 Å². The largest absolute Gasteiger partial charge is 0.396 e. The van der Waals surface area contributed by atoms with Crippen LogP contribution in [-0.4, -0.2) is 41.0 Å². The Morgan fingerprint density at radius 2 is 2.32 bits per heavy atom. The van der Waals surface area contributed by atoms with Crippen LogP contribution in [0, 0.1) is 5.92 Å². The van der Waals surface area contributed by atoms with E-state index in [0.717, 1.165) is 30.0 Å². The SMILES string of the molecule is CC(C)Sc1c(Cl)cccc1NC(=O)N1CCC[C@H](CO)C1. The quantitative estimate of drug-likeness (QED) is 0.811. The Morgan fingerprint density at radius 1 is 1.55 bits per heavy atom. The van der Waals surface area contributed by atoms with Gasteiger partial charge in [0, 0.05) is 29.8 Å². The molecule has 0 spiro atoms. The molecular formula is C16H23ClN2O2S. The van der Waals surface area contributed by atoms with Gasteiger partial charge in [0.1, 0.15) is 0 Å². The van der Waals surface area contributed by atoms with E-state index >= 15 is 0 Å². The zero-order valence-electron chi connectivity index (χ0n) is 13.0. The van der Waals surface area contributed by atoms with E-state index in [1.165, 1.54) is 0 Å². The number of piperidine rings is 1. The summed E-state index contributed by atoms with van der Waals surface area (Å²) in [5, 5.41) is 13.3. The molecule has 1 saturated heterocycles. The molecular weight excluding hydrogens is 320 g/mol. The highest BCUT2D eigenvalue weighted by molar-refractivity contribution is 8.00. The topological polar surface area (TPSA) is 52.6 Å². The number of thioether (sulfide) groups is 1. The smallest absolute Gasteiger partial charge is 0.321 e. The number of carbonyl (C=O) groups excluding carboxylic acids is 1. The number of nitrogens with one attached hydrogen (secondary N) is 1. The number of rotatable bonds is 4. The van der Waals surface area contributed by atoms with Gasteiger partial charge in [-0.3, -0.25) is 0 Å². The van der Waals surface area contributed by atoms with E-state index in [9.17, 15) is 9.90 Å².